The number of alkyl halides is 3. The Kier molecular flexibility index (Phi) is 7.26. The molecule has 0 aromatic heterocycles. The molecular weight excluding hydrogens is 465 g/mol. The molecule has 3 N–H and O–H groups in total. The normalized spacial score (nSPS) is 12.1. The number of fused-ring (bicyclic) bond motifs is 1. The van der Waals surface area contributed by atoms with E-state index in [1.54, 1.807) is 24.3 Å². The number of methoxy groups -OCH3 is 1. The fourth-order valence-electron chi connectivity index (χ4n) is 2.86. The van der Waals surface area contributed by atoms with Gasteiger partial charge in [0.25, 0.3) is 5.91 Å². The minimum absolute atomic E-state index is 0.183. The first kappa shape index (κ1) is 22.4. The zero-order valence-electron chi connectivity index (χ0n) is 15.8. The van der Waals surface area contributed by atoms with Crippen molar-refractivity contribution in [3.8, 4) is 5.75 Å². The van der Waals surface area contributed by atoms with Crippen molar-refractivity contribution < 1.29 is 9.53 Å². The van der Waals surface area contributed by atoms with Crippen molar-refractivity contribution in [1.29, 1.82) is 0 Å². The van der Waals surface area contributed by atoms with Crippen LogP contribution < -0.4 is 20.7 Å². The van der Waals surface area contributed by atoms with Gasteiger partial charge in [-0.05, 0) is 35.8 Å². The second-order valence-electron chi connectivity index (χ2n) is 6.27. The van der Waals surface area contributed by atoms with Crippen LogP contribution >= 0.6 is 47.0 Å². The van der Waals surface area contributed by atoms with Gasteiger partial charge in [-0.2, -0.15) is 0 Å². The van der Waals surface area contributed by atoms with Gasteiger partial charge in [0.1, 0.15) is 11.9 Å². The molecule has 30 heavy (non-hydrogen) atoms. The molecule has 0 fully saturated rings. The number of nitrogens with one attached hydrogen (secondary N) is 3. The van der Waals surface area contributed by atoms with Crippen LogP contribution in [0.5, 0.6) is 5.75 Å². The molecule has 0 radical (unpaired) electrons. The highest BCUT2D eigenvalue weighted by atomic mass is 35.6. The standard InChI is InChI=1S/C21H18Cl3N3O2S/c1-29-17-12-5-4-10-15(17)18(28)26-19(21(22,23)24)27-20(30)25-16-11-6-8-13-7-2-3-9-14(13)16/h2-12,19H,1H3,(H,26,28)(H2,25,27,30)/t19-/m1/s1. The summed E-state index contributed by atoms with van der Waals surface area (Å²) in [7, 11) is 1.47. The summed E-state index contributed by atoms with van der Waals surface area (Å²) in [5, 5.41) is 10.8. The second kappa shape index (κ2) is 9.71. The molecule has 0 unspecified atom stereocenters. The fraction of sp³-hybridized carbons (Fsp3) is 0.143. The van der Waals surface area contributed by atoms with Gasteiger partial charge in [0.15, 0.2) is 5.11 Å². The third-order valence-corrected chi connectivity index (χ3v) is 5.14. The van der Waals surface area contributed by atoms with E-state index in [4.69, 9.17) is 51.8 Å². The molecule has 0 aliphatic heterocycles. The quantitative estimate of drug-likeness (QED) is 0.263. The van der Waals surface area contributed by atoms with E-state index in [0.717, 1.165) is 16.5 Å². The van der Waals surface area contributed by atoms with E-state index in [1.807, 2.05) is 42.5 Å². The molecule has 156 valence electrons. The van der Waals surface area contributed by atoms with Crippen LogP contribution in [-0.4, -0.2) is 28.1 Å². The van der Waals surface area contributed by atoms with Gasteiger partial charge in [-0.1, -0.05) is 83.3 Å². The lowest BCUT2D eigenvalue weighted by Crippen LogP contribution is -2.56. The average Bonchev–Trinajstić information content (AvgIpc) is 2.72. The number of hydrogen-bond acceptors (Lipinski definition) is 3. The van der Waals surface area contributed by atoms with E-state index in [0.29, 0.717) is 11.3 Å². The molecule has 3 aromatic rings. The predicted molar refractivity (Wildman–Crippen MR) is 128 cm³/mol. The monoisotopic (exact) mass is 481 g/mol. The van der Waals surface area contributed by atoms with Gasteiger partial charge in [-0.3, -0.25) is 4.79 Å². The molecule has 0 aliphatic rings. The third-order valence-electron chi connectivity index (χ3n) is 4.27. The number of hydrogen-bond donors (Lipinski definition) is 3. The molecule has 0 saturated heterocycles. The van der Waals surface area contributed by atoms with Crippen molar-refractivity contribution in [2.45, 2.75) is 9.96 Å². The number of para-hydroxylation sites is 1. The Hall–Kier alpha value is -2.25. The maximum Gasteiger partial charge on any atom is 0.256 e. The zero-order chi connectivity index (χ0) is 21.7. The third kappa shape index (κ3) is 5.46. The Morgan fingerprint density at radius 3 is 2.37 bits per heavy atom. The first-order valence-electron chi connectivity index (χ1n) is 8.85. The van der Waals surface area contributed by atoms with Crippen molar-refractivity contribution >= 4 is 74.5 Å². The SMILES string of the molecule is COc1ccccc1C(=O)N[C@H](NC(=S)Nc1cccc2ccccc12)C(Cl)(Cl)Cl. The minimum Gasteiger partial charge on any atom is -0.496 e. The van der Waals surface area contributed by atoms with Gasteiger partial charge in [-0.25, -0.2) is 0 Å². The smallest absolute Gasteiger partial charge is 0.256 e. The highest BCUT2D eigenvalue weighted by Crippen LogP contribution is 2.30. The molecule has 0 spiro atoms. The number of carbonyl (C=O) groups is 1. The molecule has 0 aliphatic carbocycles. The van der Waals surface area contributed by atoms with Crippen molar-refractivity contribution in [3.63, 3.8) is 0 Å². The summed E-state index contributed by atoms with van der Waals surface area (Å²) in [5.74, 6) is -0.0845. The van der Waals surface area contributed by atoms with Gasteiger partial charge in [-0.15, -0.1) is 0 Å². The molecule has 0 heterocycles. The van der Waals surface area contributed by atoms with Gasteiger partial charge < -0.3 is 20.7 Å². The lowest BCUT2D eigenvalue weighted by Gasteiger charge is -2.28. The van der Waals surface area contributed by atoms with Crippen LogP contribution in [0.4, 0.5) is 5.69 Å². The first-order valence-corrected chi connectivity index (χ1v) is 10.4. The Morgan fingerprint density at radius 2 is 1.63 bits per heavy atom. The molecule has 9 heteroatoms. The van der Waals surface area contributed by atoms with Gasteiger partial charge in [0.05, 0.1) is 12.7 Å². The Labute approximate surface area is 194 Å². The highest BCUT2D eigenvalue weighted by molar-refractivity contribution is 7.80. The lowest BCUT2D eigenvalue weighted by atomic mass is 10.1. The lowest BCUT2D eigenvalue weighted by molar-refractivity contribution is 0.0931. The van der Waals surface area contributed by atoms with Crippen LogP contribution in [0.25, 0.3) is 10.8 Å². The summed E-state index contributed by atoms with van der Waals surface area (Å²) < 4.78 is 3.34. The average molecular weight is 483 g/mol. The van der Waals surface area contributed by atoms with Crippen LogP contribution in [0.3, 0.4) is 0 Å². The van der Waals surface area contributed by atoms with E-state index >= 15 is 0 Å². The number of amides is 1. The van der Waals surface area contributed by atoms with Crippen LogP contribution in [0.15, 0.2) is 66.7 Å². The number of benzene rings is 3. The number of carbonyl (C=O) groups excluding carboxylic acids is 1. The first-order chi connectivity index (χ1) is 14.3. The second-order valence-corrected chi connectivity index (χ2v) is 9.05. The summed E-state index contributed by atoms with van der Waals surface area (Å²) in [6.45, 7) is 0. The summed E-state index contributed by atoms with van der Waals surface area (Å²) in [5.41, 5.74) is 1.08. The Morgan fingerprint density at radius 1 is 0.967 bits per heavy atom. The van der Waals surface area contributed by atoms with Crippen molar-refractivity contribution in [2.75, 3.05) is 12.4 Å². The fourth-order valence-corrected chi connectivity index (χ4v) is 3.42. The molecule has 1 amide bonds. The zero-order valence-corrected chi connectivity index (χ0v) is 18.9. The number of anilines is 1. The van der Waals surface area contributed by atoms with E-state index < -0.39 is 15.9 Å². The molecule has 0 bridgehead atoms. The summed E-state index contributed by atoms with van der Waals surface area (Å²) >= 11 is 23.6. The van der Waals surface area contributed by atoms with Crippen molar-refractivity contribution in [1.82, 2.24) is 10.6 Å². The van der Waals surface area contributed by atoms with Crippen LogP contribution in [0, 0.1) is 0 Å². The summed E-state index contributed by atoms with van der Waals surface area (Å²) in [4.78, 5) is 12.7. The molecule has 1 atom stereocenters. The maximum absolute atomic E-state index is 12.7. The van der Waals surface area contributed by atoms with E-state index in [9.17, 15) is 4.79 Å². The molecule has 3 rings (SSSR count). The highest BCUT2D eigenvalue weighted by Gasteiger charge is 2.35. The molecule has 3 aromatic carbocycles. The number of thiocarbonyl (C=S) groups is 1. The molecule has 5 nitrogen and oxygen atoms in total. The van der Waals surface area contributed by atoms with E-state index in [1.165, 1.54) is 7.11 Å². The number of rotatable bonds is 5. The van der Waals surface area contributed by atoms with E-state index in [-0.39, 0.29) is 5.11 Å². The topological polar surface area (TPSA) is 62.4 Å². The van der Waals surface area contributed by atoms with Crippen molar-refractivity contribution in [3.05, 3.63) is 72.3 Å². The number of halogens is 3. The van der Waals surface area contributed by atoms with Gasteiger partial charge >= 0.3 is 0 Å². The Balaban J connectivity index is 1.76. The minimum atomic E-state index is -1.87. The number of ether oxygens (including phenoxy) is 1. The van der Waals surface area contributed by atoms with Gasteiger partial charge in [0.2, 0.25) is 3.79 Å². The molecule has 0 saturated carbocycles. The van der Waals surface area contributed by atoms with Crippen LogP contribution in [-0.2, 0) is 0 Å². The van der Waals surface area contributed by atoms with Gasteiger partial charge in [0, 0.05) is 11.1 Å². The molecular formula is C21H18Cl3N3O2S. The summed E-state index contributed by atoms with van der Waals surface area (Å²) in [6.07, 6.45) is -1.10. The largest absolute Gasteiger partial charge is 0.496 e. The van der Waals surface area contributed by atoms with Crippen LogP contribution in [0.1, 0.15) is 10.4 Å². The Bertz CT molecular complexity index is 1070. The predicted octanol–water partition coefficient (Wildman–Crippen LogP) is 5.26. The van der Waals surface area contributed by atoms with E-state index in [2.05, 4.69) is 16.0 Å². The van der Waals surface area contributed by atoms with Crippen LogP contribution in [0.2, 0.25) is 0 Å². The van der Waals surface area contributed by atoms with Crippen molar-refractivity contribution in [2.24, 2.45) is 0 Å². The maximum atomic E-state index is 12.7. The summed E-state index contributed by atoms with van der Waals surface area (Å²) in [6, 6.07) is 20.4.